The molecule has 1 aromatic carbocycles. The summed E-state index contributed by atoms with van der Waals surface area (Å²) in [6.07, 6.45) is 0. The number of hydrogen-bond acceptors (Lipinski definition) is 1. The average Bonchev–Trinajstić information content (AvgIpc) is 2.55. The Bertz CT molecular complexity index is 494. The van der Waals surface area contributed by atoms with E-state index in [0.717, 1.165) is 16.8 Å². The van der Waals surface area contributed by atoms with Crippen LogP contribution >= 0.6 is 12.2 Å². The van der Waals surface area contributed by atoms with Crippen LogP contribution in [0.1, 0.15) is 26.3 Å². The van der Waals surface area contributed by atoms with Gasteiger partial charge in [-0.05, 0) is 43.8 Å². The summed E-state index contributed by atoms with van der Waals surface area (Å²) < 4.78 is 2.91. The van der Waals surface area contributed by atoms with Crippen LogP contribution in [0.3, 0.4) is 0 Å². The van der Waals surface area contributed by atoms with Crippen LogP contribution in [0.5, 0.6) is 0 Å². The molecule has 0 unspecified atom stereocenters. The van der Waals surface area contributed by atoms with Gasteiger partial charge in [0.1, 0.15) is 0 Å². The Balaban J connectivity index is 0.000000531. The second kappa shape index (κ2) is 5.12. The van der Waals surface area contributed by atoms with E-state index in [2.05, 4.69) is 41.6 Å². The number of H-pyrrole nitrogens is 1. The third-order valence-corrected chi connectivity index (χ3v) is 2.57. The number of rotatable bonds is 1. The highest BCUT2D eigenvalue weighted by atomic mass is 32.1. The molecule has 0 amide bonds. The lowest BCUT2D eigenvalue weighted by molar-refractivity contribution is 0.774. The van der Waals surface area contributed by atoms with E-state index in [-0.39, 0.29) is 0 Å². The zero-order valence-corrected chi connectivity index (χ0v) is 10.6. The minimum Gasteiger partial charge on any atom is -0.331 e. The molecule has 1 heterocycles. The van der Waals surface area contributed by atoms with E-state index >= 15 is 0 Å². The Morgan fingerprint density at radius 2 is 2.00 bits per heavy atom. The molecule has 0 aliphatic rings. The van der Waals surface area contributed by atoms with Crippen LogP contribution < -0.4 is 0 Å². The molecule has 0 aliphatic carbocycles. The van der Waals surface area contributed by atoms with E-state index in [1.807, 2.05) is 13.8 Å². The Hall–Kier alpha value is -1.09. The van der Waals surface area contributed by atoms with E-state index in [4.69, 9.17) is 12.2 Å². The van der Waals surface area contributed by atoms with Crippen molar-refractivity contribution in [2.75, 3.05) is 0 Å². The second-order valence-corrected chi connectivity index (χ2v) is 3.58. The number of aromatic nitrogens is 2. The van der Waals surface area contributed by atoms with Crippen molar-refractivity contribution < 1.29 is 0 Å². The summed E-state index contributed by atoms with van der Waals surface area (Å²) in [4.78, 5) is 3.20. The summed E-state index contributed by atoms with van der Waals surface area (Å²) in [5.41, 5.74) is 3.58. The molecule has 0 bridgehead atoms. The SMILES string of the molecule is CC.CCn1c(=S)[nH]c2cc(C)ccc21. The van der Waals surface area contributed by atoms with Crippen molar-refractivity contribution >= 4 is 23.3 Å². The number of benzene rings is 1. The summed E-state index contributed by atoms with van der Waals surface area (Å²) in [6.45, 7) is 9.10. The van der Waals surface area contributed by atoms with Crippen molar-refractivity contribution in [2.24, 2.45) is 0 Å². The Kier molecular flexibility index (Phi) is 4.09. The summed E-state index contributed by atoms with van der Waals surface area (Å²) in [5, 5.41) is 0. The first-order chi connectivity index (χ1) is 7.22. The fourth-order valence-electron chi connectivity index (χ4n) is 1.59. The van der Waals surface area contributed by atoms with E-state index in [1.165, 1.54) is 11.1 Å². The van der Waals surface area contributed by atoms with Crippen molar-refractivity contribution in [3.05, 3.63) is 28.5 Å². The maximum absolute atomic E-state index is 5.20. The van der Waals surface area contributed by atoms with Gasteiger partial charge in [0.15, 0.2) is 4.77 Å². The molecule has 2 rings (SSSR count). The number of nitrogens with one attached hydrogen (secondary N) is 1. The van der Waals surface area contributed by atoms with E-state index in [1.54, 1.807) is 0 Å². The minimum atomic E-state index is 0.808. The quantitative estimate of drug-likeness (QED) is 0.722. The Morgan fingerprint density at radius 3 is 2.60 bits per heavy atom. The lowest BCUT2D eigenvalue weighted by Crippen LogP contribution is -1.92. The second-order valence-electron chi connectivity index (χ2n) is 3.20. The third kappa shape index (κ3) is 2.29. The van der Waals surface area contributed by atoms with Gasteiger partial charge in [-0.2, -0.15) is 0 Å². The highest BCUT2D eigenvalue weighted by Gasteiger charge is 2.01. The molecule has 0 radical (unpaired) electrons. The Labute approximate surface area is 95.9 Å². The fraction of sp³-hybridized carbons (Fsp3) is 0.417. The van der Waals surface area contributed by atoms with Crippen LogP contribution in [0.2, 0.25) is 0 Å². The van der Waals surface area contributed by atoms with Gasteiger partial charge in [-0.3, -0.25) is 0 Å². The molecule has 1 N–H and O–H groups in total. The van der Waals surface area contributed by atoms with Gasteiger partial charge in [0.25, 0.3) is 0 Å². The molecule has 0 atom stereocenters. The molecule has 0 saturated heterocycles. The van der Waals surface area contributed by atoms with Crippen LogP contribution in [0.4, 0.5) is 0 Å². The standard InChI is InChI=1S/C10H12N2S.C2H6/c1-3-12-9-5-4-7(2)6-8(9)11-10(12)13;1-2/h4-6H,3H2,1-2H3,(H,11,13);1-2H3. The normalized spacial score (nSPS) is 9.87. The molecular weight excluding hydrogens is 204 g/mol. The minimum absolute atomic E-state index is 0.808. The lowest BCUT2D eigenvalue weighted by Gasteiger charge is -1.98. The van der Waals surface area contributed by atoms with Gasteiger partial charge < -0.3 is 9.55 Å². The molecular formula is C12H18N2S. The predicted molar refractivity (Wildman–Crippen MR) is 68.9 cm³/mol. The summed E-state index contributed by atoms with van der Waals surface area (Å²) in [6, 6.07) is 6.34. The highest BCUT2D eigenvalue weighted by Crippen LogP contribution is 2.15. The monoisotopic (exact) mass is 222 g/mol. The first-order valence-electron chi connectivity index (χ1n) is 5.41. The number of nitrogens with zero attached hydrogens (tertiary/aromatic N) is 1. The van der Waals surface area contributed by atoms with E-state index in [9.17, 15) is 0 Å². The first kappa shape index (κ1) is 12.0. The summed E-state index contributed by atoms with van der Waals surface area (Å²) in [7, 11) is 0. The lowest BCUT2D eigenvalue weighted by atomic mass is 10.2. The van der Waals surface area contributed by atoms with Crippen LogP contribution in [0.25, 0.3) is 11.0 Å². The number of hydrogen-bond donors (Lipinski definition) is 1. The number of fused-ring (bicyclic) bond motifs is 1. The maximum Gasteiger partial charge on any atom is 0.178 e. The zero-order valence-electron chi connectivity index (χ0n) is 9.79. The van der Waals surface area contributed by atoms with Crippen LogP contribution in [0, 0.1) is 11.7 Å². The number of aryl methyl sites for hydroxylation is 2. The first-order valence-corrected chi connectivity index (χ1v) is 5.82. The smallest absolute Gasteiger partial charge is 0.178 e. The molecule has 82 valence electrons. The molecule has 0 aliphatic heterocycles. The molecule has 3 heteroatoms. The van der Waals surface area contributed by atoms with Crippen LogP contribution in [-0.2, 0) is 6.54 Å². The molecule has 15 heavy (non-hydrogen) atoms. The summed E-state index contributed by atoms with van der Waals surface area (Å²) in [5.74, 6) is 0. The van der Waals surface area contributed by atoms with Crippen molar-refractivity contribution in [1.29, 1.82) is 0 Å². The van der Waals surface area contributed by atoms with Gasteiger partial charge in [0.05, 0.1) is 11.0 Å². The molecule has 0 spiro atoms. The van der Waals surface area contributed by atoms with E-state index < -0.39 is 0 Å². The van der Waals surface area contributed by atoms with Crippen molar-refractivity contribution in [3.63, 3.8) is 0 Å². The average molecular weight is 222 g/mol. The Morgan fingerprint density at radius 1 is 1.33 bits per heavy atom. The molecule has 0 saturated carbocycles. The molecule has 2 aromatic rings. The van der Waals surface area contributed by atoms with Gasteiger partial charge in [-0.25, -0.2) is 0 Å². The number of imidazole rings is 1. The zero-order chi connectivity index (χ0) is 11.4. The highest BCUT2D eigenvalue weighted by molar-refractivity contribution is 7.71. The van der Waals surface area contributed by atoms with E-state index in [0.29, 0.717) is 0 Å². The largest absolute Gasteiger partial charge is 0.331 e. The van der Waals surface area contributed by atoms with Crippen molar-refractivity contribution in [3.8, 4) is 0 Å². The van der Waals surface area contributed by atoms with Gasteiger partial charge >= 0.3 is 0 Å². The van der Waals surface area contributed by atoms with Crippen molar-refractivity contribution in [2.45, 2.75) is 34.2 Å². The predicted octanol–water partition coefficient (Wildman–Crippen LogP) is 4.05. The van der Waals surface area contributed by atoms with Gasteiger partial charge in [-0.1, -0.05) is 19.9 Å². The van der Waals surface area contributed by atoms with Crippen LogP contribution in [0.15, 0.2) is 18.2 Å². The molecule has 0 fully saturated rings. The topological polar surface area (TPSA) is 20.7 Å². The van der Waals surface area contributed by atoms with Gasteiger partial charge in [0, 0.05) is 6.54 Å². The van der Waals surface area contributed by atoms with Gasteiger partial charge in [0.2, 0.25) is 0 Å². The summed E-state index contributed by atoms with van der Waals surface area (Å²) >= 11 is 5.20. The van der Waals surface area contributed by atoms with Gasteiger partial charge in [-0.15, -0.1) is 0 Å². The maximum atomic E-state index is 5.20. The molecule has 2 nitrogen and oxygen atoms in total. The van der Waals surface area contributed by atoms with Crippen molar-refractivity contribution in [1.82, 2.24) is 9.55 Å². The third-order valence-electron chi connectivity index (χ3n) is 2.25. The van der Waals surface area contributed by atoms with Crippen LogP contribution in [-0.4, -0.2) is 9.55 Å². The fourth-order valence-corrected chi connectivity index (χ4v) is 1.93. The molecule has 1 aromatic heterocycles. The number of aromatic amines is 1.